The van der Waals surface area contributed by atoms with Crippen LogP contribution >= 0.6 is 0 Å². The van der Waals surface area contributed by atoms with Gasteiger partial charge in [0.15, 0.2) is 0 Å². The molecule has 0 aliphatic heterocycles. The first-order chi connectivity index (χ1) is 7.18. The molecule has 0 saturated carbocycles. The SMILES string of the molecule is [CH2]C(CCCCCCCCCC)C(C)C. The van der Waals surface area contributed by atoms with Crippen LogP contribution in [0.15, 0.2) is 0 Å². The van der Waals surface area contributed by atoms with E-state index >= 15 is 0 Å². The van der Waals surface area contributed by atoms with Gasteiger partial charge in [0.25, 0.3) is 0 Å². The molecule has 15 heavy (non-hydrogen) atoms. The highest BCUT2D eigenvalue weighted by atomic mass is 14.1. The van der Waals surface area contributed by atoms with Gasteiger partial charge in [-0.15, -0.1) is 0 Å². The molecule has 0 amide bonds. The molecule has 0 rings (SSSR count). The van der Waals surface area contributed by atoms with E-state index < -0.39 is 0 Å². The summed E-state index contributed by atoms with van der Waals surface area (Å²) in [6.45, 7) is 11.0. The van der Waals surface area contributed by atoms with Crippen LogP contribution in [-0.4, -0.2) is 0 Å². The first kappa shape index (κ1) is 15.0. The van der Waals surface area contributed by atoms with Gasteiger partial charge in [0.1, 0.15) is 0 Å². The van der Waals surface area contributed by atoms with E-state index in [0.29, 0.717) is 5.92 Å². The Bertz CT molecular complexity index is 115. The van der Waals surface area contributed by atoms with Gasteiger partial charge in [-0.3, -0.25) is 0 Å². The van der Waals surface area contributed by atoms with E-state index in [0.717, 1.165) is 5.92 Å². The monoisotopic (exact) mass is 211 g/mol. The summed E-state index contributed by atoms with van der Waals surface area (Å²) in [6.07, 6.45) is 12.7. The molecule has 0 aliphatic carbocycles. The lowest BCUT2D eigenvalue weighted by atomic mass is 9.92. The average Bonchev–Trinajstić information content (AvgIpc) is 2.21. The van der Waals surface area contributed by atoms with Gasteiger partial charge in [0.2, 0.25) is 0 Å². The van der Waals surface area contributed by atoms with Gasteiger partial charge in [-0.25, -0.2) is 0 Å². The first-order valence-corrected chi connectivity index (χ1v) is 7.01. The topological polar surface area (TPSA) is 0 Å². The number of hydrogen-bond acceptors (Lipinski definition) is 0. The summed E-state index contributed by atoms with van der Waals surface area (Å²) < 4.78 is 0. The molecular formula is C15H31. The third kappa shape index (κ3) is 10.3. The van der Waals surface area contributed by atoms with Crippen LogP contribution < -0.4 is 0 Å². The predicted octanol–water partition coefficient (Wildman–Crippen LogP) is 5.62. The minimum Gasteiger partial charge on any atom is -0.0654 e. The van der Waals surface area contributed by atoms with Gasteiger partial charge in [-0.05, 0) is 18.8 Å². The van der Waals surface area contributed by atoms with Crippen LogP contribution in [0.3, 0.4) is 0 Å². The van der Waals surface area contributed by atoms with Crippen molar-refractivity contribution in [1.82, 2.24) is 0 Å². The van der Waals surface area contributed by atoms with Crippen LogP contribution in [0.1, 0.15) is 78.6 Å². The Hall–Kier alpha value is 0. The largest absolute Gasteiger partial charge is 0.0654 e. The molecule has 0 fully saturated rings. The summed E-state index contributed by atoms with van der Waals surface area (Å²) in [4.78, 5) is 0. The van der Waals surface area contributed by atoms with Crippen LogP contribution in [0.25, 0.3) is 0 Å². The maximum Gasteiger partial charge on any atom is -0.0391 e. The standard InChI is InChI=1S/C15H31/c1-5-6-7-8-9-10-11-12-13-15(4)14(2)3/h14-15H,4-13H2,1-3H3. The second-order valence-electron chi connectivity index (χ2n) is 5.27. The smallest absolute Gasteiger partial charge is 0.0391 e. The Balaban J connectivity index is 3.05. The fourth-order valence-corrected chi connectivity index (χ4v) is 1.87. The van der Waals surface area contributed by atoms with Crippen molar-refractivity contribution in [2.75, 3.05) is 0 Å². The Morgan fingerprint density at radius 2 is 1.27 bits per heavy atom. The molecule has 1 radical (unpaired) electrons. The zero-order chi connectivity index (χ0) is 11.5. The summed E-state index contributed by atoms with van der Waals surface area (Å²) >= 11 is 0. The highest BCUT2D eigenvalue weighted by Gasteiger charge is 2.05. The maximum absolute atomic E-state index is 4.20. The van der Waals surface area contributed by atoms with Gasteiger partial charge in [-0.1, -0.05) is 78.6 Å². The van der Waals surface area contributed by atoms with E-state index in [1.54, 1.807) is 0 Å². The van der Waals surface area contributed by atoms with Crippen molar-refractivity contribution in [3.8, 4) is 0 Å². The molecule has 0 aromatic heterocycles. The minimum absolute atomic E-state index is 0.671. The predicted molar refractivity (Wildman–Crippen MR) is 70.9 cm³/mol. The highest BCUT2D eigenvalue weighted by molar-refractivity contribution is 4.64. The Morgan fingerprint density at radius 1 is 0.800 bits per heavy atom. The quantitative estimate of drug-likeness (QED) is 0.411. The molecule has 1 unspecified atom stereocenters. The average molecular weight is 211 g/mol. The van der Waals surface area contributed by atoms with Crippen molar-refractivity contribution < 1.29 is 0 Å². The van der Waals surface area contributed by atoms with Crippen LogP contribution in [0.5, 0.6) is 0 Å². The number of rotatable bonds is 10. The lowest BCUT2D eigenvalue weighted by molar-refractivity contribution is 0.410. The molecule has 0 nitrogen and oxygen atoms in total. The van der Waals surface area contributed by atoms with Crippen LogP contribution in [-0.2, 0) is 0 Å². The van der Waals surface area contributed by atoms with Crippen molar-refractivity contribution in [2.24, 2.45) is 11.8 Å². The molecular weight excluding hydrogens is 180 g/mol. The van der Waals surface area contributed by atoms with Gasteiger partial charge in [-0.2, -0.15) is 0 Å². The van der Waals surface area contributed by atoms with E-state index in [4.69, 9.17) is 0 Å². The highest BCUT2D eigenvalue weighted by Crippen LogP contribution is 2.18. The van der Waals surface area contributed by atoms with Crippen LogP contribution in [0.2, 0.25) is 0 Å². The third-order valence-corrected chi connectivity index (χ3v) is 3.37. The molecule has 0 aromatic rings. The normalized spacial score (nSPS) is 13.4. The fourth-order valence-electron chi connectivity index (χ4n) is 1.87. The van der Waals surface area contributed by atoms with Gasteiger partial charge < -0.3 is 0 Å². The second-order valence-corrected chi connectivity index (χ2v) is 5.27. The summed E-state index contributed by atoms with van der Waals surface area (Å²) in [5, 5.41) is 0. The molecule has 0 heterocycles. The molecule has 0 heteroatoms. The van der Waals surface area contributed by atoms with Gasteiger partial charge in [0, 0.05) is 0 Å². The fraction of sp³-hybridized carbons (Fsp3) is 0.933. The molecule has 0 spiro atoms. The van der Waals surface area contributed by atoms with E-state index in [1.807, 2.05) is 0 Å². The minimum atomic E-state index is 0.671. The van der Waals surface area contributed by atoms with Crippen molar-refractivity contribution >= 4 is 0 Å². The van der Waals surface area contributed by atoms with Crippen LogP contribution in [0, 0.1) is 18.8 Å². The van der Waals surface area contributed by atoms with E-state index in [2.05, 4.69) is 27.7 Å². The van der Waals surface area contributed by atoms with Gasteiger partial charge >= 0.3 is 0 Å². The Labute approximate surface area is 97.8 Å². The summed E-state index contributed by atoms with van der Waals surface area (Å²) in [7, 11) is 0. The molecule has 91 valence electrons. The van der Waals surface area contributed by atoms with Crippen molar-refractivity contribution in [1.29, 1.82) is 0 Å². The zero-order valence-corrected chi connectivity index (χ0v) is 11.2. The van der Waals surface area contributed by atoms with E-state index in [-0.39, 0.29) is 0 Å². The maximum atomic E-state index is 4.20. The summed E-state index contributed by atoms with van der Waals surface area (Å²) in [5.74, 6) is 1.43. The van der Waals surface area contributed by atoms with Crippen molar-refractivity contribution in [3.63, 3.8) is 0 Å². The second kappa shape index (κ2) is 10.5. The molecule has 0 bridgehead atoms. The Morgan fingerprint density at radius 3 is 1.73 bits per heavy atom. The third-order valence-electron chi connectivity index (χ3n) is 3.37. The molecule has 0 N–H and O–H groups in total. The summed E-state index contributed by atoms with van der Waals surface area (Å²) in [5.41, 5.74) is 0. The Kier molecular flexibility index (Phi) is 10.5. The lowest BCUT2D eigenvalue weighted by Gasteiger charge is -2.14. The molecule has 0 aromatic carbocycles. The molecule has 0 aliphatic rings. The number of hydrogen-bond donors (Lipinski definition) is 0. The van der Waals surface area contributed by atoms with Crippen molar-refractivity contribution in [2.45, 2.75) is 78.6 Å². The van der Waals surface area contributed by atoms with Crippen LogP contribution in [0.4, 0.5) is 0 Å². The van der Waals surface area contributed by atoms with Crippen molar-refractivity contribution in [3.05, 3.63) is 6.92 Å². The zero-order valence-electron chi connectivity index (χ0n) is 11.2. The molecule has 0 saturated heterocycles. The lowest BCUT2D eigenvalue weighted by Crippen LogP contribution is -2.03. The molecule has 1 atom stereocenters. The number of unbranched alkanes of at least 4 members (excludes halogenated alkanes) is 7. The first-order valence-electron chi connectivity index (χ1n) is 7.01. The van der Waals surface area contributed by atoms with E-state index in [9.17, 15) is 0 Å². The van der Waals surface area contributed by atoms with E-state index in [1.165, 1.54) is 57.8 Å². The van der Waals surface area contributed by atoms with Gasteiger partial charge in [0.05, 0.1) is 0 Å². The summed E-state index contributed by atoms with van der Waals surface area (Å²) in [6, 6.07) is 0.